The highest BCUT2D eigenvalue weighted by atomic mass is 35.5. The van der Waals surface area contributed by atoms with Gasteiger partial charge in [-0.15, -0.1) is 0 Å². The van der Waals surface area contributed by atoms with Crippen molar-refractivity contribution in [2.45, 2.75) is 19.4 Å². The molecule has 0 bridgehead atoms. The summed E-state index contributed by atoms with van der Waals surface area (Å²) in [5.41, 5.74) is -0.185. The predicted octanol–water partition coefficient (Wildman–Crippen LogP) is 2.87. The molecule has 0 amide bonds. The first kappa shape index (κ1) is 22.3. The molecule has 0 radical (unpaired) electrons. The molecule has 1 aliphatic rings. The Morgan fingerprint density at radius 3 is 2.64 bits per heavy atom. The molecule has 12 heteroatoms. The lowest BCUT2D eigenvalue weighted by atomic mass is 9.96. The van der Waals surface area contributed by atoms with Crippen molar-refractivity contribution < 1.29 is 31.4 Å². The molecule has 2 rings (SSSR count). The minimum absolute atomic E-state index is 0.0630. The molecular formula is C16H17Cl2FN2O6S. The molecule has 1 unspecified atom stereocenters. The molecule has 1 aliphatic heterocycles. The summed E-state index contributed by atoms with van der Waals surface area (Å²) in [6, 6.07) is 1.97. The van der Waals surface area contributed by atoms with E-state index in [1.807, 2.05) is 0 Å². The Bertz CT molecular complexity index is 949. The number of hydrogen-bond acceptors (Lipinski definition) is 8. The lowest BCUT2D eigenvalue weighted by molar-refractivity contribution is -0.139. The zero-order valence-electron chi connectivity index (χ0n) is 15.1. The van der Waals surface area contributed by atoms with Crippen LogP contribution in [0.25, 0.3) is 0 Å². The fraction of sp³-hybridized carbons (Fsp3) is 0.375. The van der Waals surface area contributed by atoms with Gasteiger partial charge in [0.2, 0.25) is 0 Å². The van der Waals surface area contributed by atoms with Crippen LogP contribution in [0.5, 0.6) is 5.75 Å². The van der Waals surface area contributed by atoms with Gasteiger partial charge in [0.1, 0.15) is 11.4 Å². The molecule has 1 aromatic rings. The second-order valence-corrected chi connectivity index (χ2v) is 7.95. The molecule has 0 saturated carbocycles. The van der Waals surface area contributed by atoms with Crippen molar-refractivity contribution in [2.75, 3.05) is 20.0 Å². The zero-order valence-corrected chi connectivity index (χ0v) is 17.4. The summed E-state index contributed by atoms with van der Waals surface area (Å²) >= 11 is 12.1. The van der Waals surface area contributed by atoms with Crippen LogP contribution in [0.3, 0.4) is 0 Å². The van der Waals surface area contributed by atoms with Crippen LogP contribution in [-0.4, -0.2) is 40.1 Å². The van der Waals surface area contributed by atoms with Gasteiger partial charge in [-0.2, -0.15) is 8.42 Å². The molecule has 154 valence electrons. The first-order chi connectivity index (χ1) is 13.1. The molecule has 0 aliphatic carbocycles. The van der Waals surface area contributed by atoms with E-state index < -0.39 is 27.9 Å². The lowest BCUT2D eigenvalue weighted by Gasteiger charge is -2.28. The number of benzene rings is 1. The Balaban J connectivity index is 2.53. The number of rotatable bonds is 6. The van der Waals surface area contributed by atoms with Gasteiger partial charge in [-0.05, 0) is 13.0 Å². The van der Waals surface area contributed by atoms with E-state index in [1.54, 1.807) is 6.92 Å². The Hall–Kier alpha value is -2.04. The van der Waals surface area contributed by atoms with E-state index in [2.05, 4.69) is 14.8 Å². The highest BCUT2D eigenvalue weighted by Gasteiger charge is 2.33. The van der Waals surface area contributed by atoms with Crippen LogP contribution in [0, 0.1) is 5.82 Å². The lowest BCUT2D eigenvalue weighted by Crippen LogP contribution is -2.35. The van der Waals surface area contributed by atoms with Crippen LogP contribution in [0.1, 0.15) is 24.9 Å². The van der Waals surface area contributed by atoms with Crippen LogP contribution in [0.2, 0.25) is 5.02 Å². The van der Waals surface area contributed by atoms with Crippen molar-refractivity contribution in [3.8, 4) is 5.75 Å². The fourth-order valence-electron chi connectivity index (χ4n) is 2.45. The third kappa shape index (κ3) is 5.06. The molecule has 1 atom stereocenters. The Labute approximate surface area is 171 Å². The van der Waals surface area contributed by atoms with Gasteiger partial charge in [0, 0.05) is 12.0 Å². The minimum Gasteiger partial charge on any atom is -0.492 e. The largest absolute Gasteiger partial charge is 0.492 e. The first-order valence-electron chi connectivity index (χ1n) is 7.90. The number of oxime groups is 1. The van der Waals surface area contributed by atoms with Crippen LogP contribution >= 0.6 is 23.2 Å². The molecule has 1 aromatic carbocycles. The minimum atomic E-state index is -3.92. The van der Waals surface area contributed by atoms with Crippen molar-refractivity contribution in [1.82, 2.24) is 5.32 Å². The maximum atomic E-state index is 14.8. The van der Waals surface area contributed by atoms with Gasteiger partial charge in [0.25, 0.3) is 0 Å². The zero-order chi connectivity index (χ0) is 21.1. The van der Waals surface area contributed by atoms with Crippen molar-refractivity contribution in [3.05, 3.63) is 39.3 Å². The highest BCUT2D eigenvalue weighted by Crippen LogP contribution is 2.36. The smallest absolute Gasteiger partial charge is 0.356 e. The summed E-state index contributed by atoms with van der Waals surface area (Å²) in [6.07, 6.45) is 0.711. The van der Waals surface area contributed by atoms with Gasteiger partial charge in [-0.1, -0.05) is 34.4 Å². The van der Waals surface area contributed by atoms with Gasteiger partial charge >= 0.3 is 16.1 Å². The maximum Gasteiger partial charge on any atom is 0.356 e. The first-order valence-corrected chi connectivity index (χ1v) is 10.5. The van der Waals surface area contributed by atoms with Gasteiger partial charge in [-0.3, -0.25) is 4.28 Å². The highest BCUT2D eigenvalue weighted by molar-refractivity contribution is 7.85. The third-order valence-electron chi connectivity index (χ3n) is 3.61. The molecular weight excluding hydrogens is 438 g/mol. The number of nitrogens with one attached hydrogen (secondary N) is 1. The summed E-state index contributed by atoms with van der Waals surface area (Å²) in [5.74, 6) is -1.74. The van der Waals surface area contributed by atoms with Crippen molar-refractivity contribution in [1.29, 1.82) is 0 Å². The van der Waals surface area contributed by atoms with E-state index in [1.165, 1.54) is 19.2 Å². The Morgan fingerprint density at radius 2 is 2.07 bits per heavy atom. The Morgan fingerprint density at radius 1 is 1.39 bits per heavy atom. The van der Waals surface area contributed by atoms with Crippen molar-refractivity contribution >= 4 is 45.0 Å². The molecule has 28 heavy (non-hydrogen) atoms. The van der Waals surface area contributed by atoms with E-state index in [0.717, 1.165) is 6.26 Å². The van der Waals surface area contributed by atoms with Gasteiger partial charge in [0.15, 0.2) is 11.6 Å². The predicted molar refractivity (Wildman–Crippen MR) is 101 cm³/mol. The summed E-state index contributed by atoms with van der Waals surface area (Å²) < 4.78 is 51.6. The van der Waals surface area contributed by atoms with Crippen LogP contribution < -0.4 is 10.1 Å². The van der Waals surface area contributed by atoms with E-state index in [9.17, 15) is 17.6 Å². The van der Waals surface area contributed by atoms with Crippen LogP contribution in [-0.2, 0) is 23.9 Å². The number of allylic oxidation sites excluding steroid dienone is 1. The van der Waals surface area contributed by atoms with E-state index in [-0.39, 0.29) is 45.8 Å². The second-order valence-electron chi connectivity index (χ2n) is 5.61. The number of carbonyl (C=O) groups excluding carboxylic acids is 1. The summed E-state index contributed by atoms with van der Waals surface area (Å²) in [6.45, 7) is 1.66. The quantitative estimate of drug-likeness (QED) is 0.520. The van der Waals surface area contributed by atoms with E-state index >= 15 is 0 Å². The molecule has 1 heterocycles. The number of ether oxygens (including phenoxy) is 2. The number of hydrogen-bond donors (Lipinski definition) is 1. The molecule has 8 nitrogen and oxygen atoms in total. The SMILES string of the molecule is CCOC(=O)C1=C(Cl)/C(=N/OS(C)(=O)=O)CC(c2ccc(Cl)c(OC)c2F)N1. The number of carbonyl (C=O) groups is 1. The molecule has 1 N–H and O–H groups in total. The molecule has 0 saturated heterocycles. The standard InChI is InChI=1S/C16H17Cl2FN2O6S/c1-4-26-16(22)14-12(18)11(21-27-28(3,23)24)7-10(20-14)8-5-6-9(17)15(25-2)13(8)19/h5-6,10,20H,4,7H2,1-3H3/b21-11+. The molecule has 0 spiro atoms. The summed E-state index contributed by atoms with van der Waals surface area (Å²) in [4.78, 5) is 12.2. The maximum absolute atomic E-state index is 14.8. The summed E-state index contributed by atoms with van der Waals surface area (Å²) in [5, 5.41) is 6.16. The normalized spacial score (nSPS) is 18.6. The fourth-order valence-corrected chi connectivity index (χ4v) is 3.14. The van der Waals surface area contributed by atoms with Gasteiger partial charge in [-0.25, -0.2) is 9.18 Å². The number of esters is 1. The van der Waals surface area contributed by atoms with Crippen LogP contribution in [0.4, 0.5) is 4.39 Å². The molecule has 0 aromatic heterocycles. The number of methoxy groups -OCH3 is 1. The van der Waals surface area contributed by atoms with Crippen molar-refractivity contribution in [3.63, 3.8) is 0 Å². The summed E-state index contributed by atoms with van der Waals surface area (Å²) in [7, 11) is -2.66. The average molecular weight is 455 g/mol. The number of nitrogens with zero attached hydrogens (tertiary/aromatic N) is 1. The average Bonchev–Trinajstić information content (AvgIpc) is 2.61. The van der Waals surface area contributed by atoms with Crippen LogP contribution in [0.15, 0.2) is 28.0 Å². The third-order valence-corrected chi connectivity index (χ3v) is 4.66. The topological polar surface area (TPSA) is 103 Å². The second kappa shape index (κ2) is 8.97. The van der Waals surface area contributed by atoms with E-state index in [4.69, 9.17) is 32.7 Å². The number of halogens is 3. The Kier molecular flexibility index (Phi) is 7.13. The monoisotopic (exact) mass is 454 g/mol. The van der Waals surface area contributed by atoms with Crippen molar-refractivity contribution in [2.24, 2.45) is 5.16 Å². The molecule has 0 fully saturated rings. The van der Waals surface area contributed by atoms with Gasteiger partial charge < -0.3 is 14.8 Å². The van der Waals surface area contributed by atoms with Gasteiger partial charge in [0.05, 0.1) is 36.1 Å². The van der Waals surface area contributed by atoms with E-state index in [0.29, 0.717) is 0 Å².